The van der Waals surface area contributed by atoms with Gasteiger partial charge in [0.1, 0.15) is 6.61 Å². The molecule has 17 heavy (non-hydrogen) atoms. The number of hydrogen-bond donors (Lipinski definition) is 0. The second kappa shape index (κ2) is 5.66. The van der Waals surface area contributed by atoms with Gasteiger partial charge in [0, 0.05) is 19.7 Å². The number of aromatic nitrogens is 1. The smallest absolute Gasteiger partial charge is 0.302 e. The molecule has 1 aromatic rings. The second-order valence-electron chi connectivity index (χ2n) is 4.61. The molecular weight excluding hydrogens is 218 g/mol. The molecule has 4 nitrogen and oxygen atoms in total. The number of hydrogen-bond acceptors (Lipinski definition) is 3. The first-order valence-corrected chi connectivity index (χ1v) is 5.74. The highest BCUT2D eigenvalue weighted by Gasteiger charge is 2.09. The largest absolute Gasteiger partial charge is 0.461 e. The molecule has 0 aliphatic heterocycles. The molecule has 0 fully saturated rings. The Bertz CT molecular complexity index is 460. The van der Waals surface area contributed by atoms with Gasteiger partial charge in [0.15, 0.2) is 0 Å². The van der Waals surface area contributed by atoms with Crippen LogP contribution in [-0.4, -0.2) is 10.5 Å². The summed E-state index contributed by atoms with van der Waals surface area (Å²) < 4.78 is 6.56. The third kappa shape index (κ3) is 3.73. The molecule has 0 spiro atoms. The Morgan fingerprint density at radius 1 is 1.47 bits per heavy atom. The lowest BCUT2D eigenvalue weighted by Gasteiger charge is -2.12. The predicted octanol–water partition coefficient (Wildman–Crippen LogP) is 1.88. The first-order chi connectivity index (χ1) is 7.91. The quantitative estimate of drug-likeness (QED) is 0.751. The maximum atomic E-state index is 12.1. The molecule has 94 valence electrons. The molecule has 0 unspecified atom stereocenters. The van der Waals surface area contributed by atoms with Crippen molar-refractivity contribution in [1.29, 1.82) is 0 Å². The van der Waals surface area contributed by atoms with E-state index in [9.17, 15) is 9.59 Å². The molecule has 0 saturated carbocycles. The van der Waals surface area contributed by atoms with Crippen molar-refractivity contribution in [1.82, 2.24) is 4.57 Å². The highest BCUT2D eigenvalue weighted by molar-refractivity contribution is 5.65. The molecule has 0 atom stereocenters. The SMILES string of the molecule is CC(=O)OCc1c(C)ccn(CC(C)C)c1=O. The molecular formula is C13H19NO3. The van der Waals surface area contributed by atoms with Crippen LogP contribution in [-0.2, 0) is 22.7 Å². The minimum atomic E-state index is -0.372. The van der Waals surface area contributed by atoms with Crippen molar-refractivity contribution in [2.75, 3.05) is 0 Å². The molecule has 1 rings (SSSR count). The van der Waals surface area contributed by atoms with Gasteiger partial charge in [0.05, 0.1) is 5.56 Å². The molecule has 1 aromatic heterocycles. The summed E-state index contributed by atoms with van der Waals surface area (Å²) in [5, 5.41) is 0. The summed E-state index contributed by atoms with van der Waals surface area (Å²) >= 11 is 0. The summed E-state index contributed by atoms with van der Waals surface area (Å²) in [6, 6.07) is 1.88. The first-order valence-electron chi connectivity index (χ1n) is 5.74. The van der Waals surface area contributed by atoms with E-state index in [-0.39, 0.29) is 18.1 Å². The zero-order chi connectivity index (χ0) is 13.0. The lowest BCUT2D eigenvalue weighted by Crippen LogP contribution is -2.26. The van der Waals surface area contributed by atoms with Gasteiger partial charge in [-0.05, 0) is 24.5 Å². The van der Waals surface area contributed by atoms with Gasteiger partial charge in [-0.3, -0.25) is 9.59 Å². The summed E-state index contributed by atoms with van der Waals surface area (Å²) in [7, 11) is 0. The fourth-order valence-electron chi connectivity index (χ4n) is 1.60. The van der Waals surface area contributed by atoms with Crippen LogP contribution < -0.4 is 5.56 Å². The monoisotopic (exact) mass is 237 g/mol. The molecule has 0 bridgehead atoms. The van der Waals surface area contributed by atoms with E-state index in [1.54, 1.807) is 10.8 Å². The lowest BCUT2D eigenvalue weighted by atomic mass is 10.1. The van der Waals surface area contributed by atoms with Gasteiger partial charge in [-0.25, -0.2) is 0 Å². The van der Waals surface area contributed by atoms with Gasteiger partial charge in [-0.2, -0.15) is 0 Å². The van der Waals surface area contributed by atoms with Gasteiger partial charge in [0.2, 0.25) is 0 Å². The minimum Gasteiger partial charge on any atom is -0.461 e. The van der Waals surface area contributed by atoms with Gasteiger partial charge >= 0.3 is 5.97 Å². The van der Waals surface area contributed by atoms with Crippen molar-refractivity contribution in [3.8, 4) is 0 Å². The molecule has 0 aliphatic carbocycles. The summed E-state index contributed by atoms with van der Waals surface area (Å²) in [4.78, 5) is 22.9. The van der Waals surface area contributed by atoms with Crippen LogP contribution in [0.4, 0.5) is 0 Å². The van der Waals surface area contributed by atoms with Crippen molar-refractivity contribution in [3.63, 3.8) is 0 Å². The topological polar surface area (TPSA) is 48.3 Å². The van der Waals surface area contributed by atoms with Crippen molar-refractivity contribution in [2.24, 2.45) is 5.92 Å². The maximum absolute atomic E-state index is 12.1. The Morgan fingerprint density at radius 2 is 2.12 bits per heavy atom. The number of pyridine rings is 1. The van der Waals surface area contributed by atoms with Crippen LogP contribution >= 0.6 is 0 Å². The van der Waals surface area contributed by atoms with E-state index in [1.807, 2.05) is 13.0 Å². The third-order valence-corrected chi connectivity index (χ3v) is 2.48. The highest BCUT2D eigenvalue weighted by Crippen LogP contribution is 2.05. The van der Waals surface area contributed by atoms with E-state index in [4.69, 9.17) is 4.74 Å². The van der Waals surface area contributed by atoms with E-state index < -0.39 is 0 Å². The molecule has 0 N–H and O–H groups in total. The van der Waals surface area contributed by atoms with Crippen LogP contribution in [0.1, 0.15) is 31.9 Å². The average molecular weight is 237 g/mol. The predicted molar refractivity (Wildman–Crippen MR) is 65.7 cm³/mol. The summed E-state index contributed by atoms with van der Waals surface area (Å²) in [5.41, 5.74) is 1.35. The molecule has 4 heteroatoms. The molecule has 0 amide bonds. The Hall–Kier alpha value is -1.58. The van der Waals surface area contributed by atoms with Crippen LogP contribution in [0.3, 0.4) is 0 Å². The zero-order valence-corrected chi connectivity index (χ0v) is 10.8. The van der Waals surface area contributed by atoms with Crippen LogP contribution in [0, 0.1) is 12.8 Å². The number of carbonyl (C=O) groups is 1. The number of rotatable bonds is 4. The van der Waals surface area contributed by atoms with E-state index in [0.717, 1.165) is 5.56 Å². The van der Waals surface area contributed by atoms with Crippen molar-refractivity contribution in [2.45, 2.75) is 40.8 Å². The number of aryl methyl sites for hydroxylation is 1. The van der Waals surface area contributed by atoms with Gasteiger partial charge < -0.3 is 9.30 Å². The second-order valence-corrected chi connectivity index (χ2v) is 4.61. The Morgan fingerprint density at radius 3 is 2.65 bits per heavy atom. The van der Waals surface area contributed by atoms with Crippen molar-refractivity contribution < 1.29 is 9.53 Å². The average Bonchev–Trinajstić information content (AvgIpc) is 2.21. The van der Waals surface area contributed by atoms with Crippen molar-refractivity contribution >= 4 is 5.97 Å². The molecule has 0 radical (unpaired) electrons. The third-order valence-electron chi connectivity index (χ3n) is 2.48. The number of carbonyl (C=O) groups excluding carboxylic acids is 1. The van der Waals surface area contributed by atoms with Crippen LogP contribution in [0.15, 0.2) is 17.1 Å². The molecule has 0 aromatic carbocycles. The van der Waals surface area contributed by atoms with Gasteiger partial charge in [-0.1, -0.05) is 13.8 Å². The molecule has 0 saturated heterocycles. The standard InChI is InChI=1S/C13H19NO3/c1-9(2)7-14-6-5-10(3)12(13(14)16)8-17-11(4)15/h5-6,9H,7-8H2,1-4H3. The fraction of sp³-hybridized carbons (Fsp3) is 0.538. The summed E-state index contributed by atoms with van der Waals surface area (Å²) in [5.74, 6) is 0.0278. The van der Waals surface area contributed by atoms with Crippen LogP contribution in [0.5, 0.6) is 0 Å². The molecule has 0 aliphatic rings. The molecule has 1 heterocycles. The van der Waals surface area contributed by atoms with E-state index in [0.29, 0.717) is 18.0 Å². The summed E-state index contributed by atoms with van der Waals surface area (Å²) in [6.07, 6.45) is 1.79. The Labute approximate surface area is 101 Å². The first kappa shape index (κ1) is 13.5. The zero-order valence-electron chi connectivity index (χ0n) is 10.8. The maximum Gasteiger partial charge on any atom is 0.302 e. The Balaban J connectivity index is 3.02. The minimum absolute atomic E-state index is 0.0545. The summed E-state index contributed by atoms with van der Waals surface area (Å²) in [6.45, 7) is 8.02. The lowest BCUT2D eigenvalue weighted by molar-refractivity contribution is -0.142. The van der Waals surface area contributed by atoms with E-state index in [1.165, 1.54) is 6.92 Å². The van der Waals surface area contributed by atoms with E-state index in [2.05, 4.69) is 13.8 Å². The Kier molecular flexibility index (Phi) is 4.49. The fourth-order valence-corrected chi connectivity index (χ4v) is 1.60. The van der Waals surface area contributed by atoms with Crippen LogP contribution in [0.2, 0.25) is 0 Å². The normalized spacial score (nSPS) is 10.6. The van der Waals surface area contributed by atoms with Gasteiger partial charge in [0.25, 0.3) is 5.56 Å². The number of ether oxygens (including phenoxy) is 1. The number of nitrogens with zero attached hydrogens (tertiary/aromatic N) is 1. The number of esters is 1. The van der Waals surface area contributed by atoms with E-state index >= 15 is 0 Å². The van der Waals surface area contributed by atoms with Crippen molar-refractivity contribution in [3.05, 3.63) is 33.7 Å². The van der Waals surface area contributed by atoms with Crippen LogP contribution in [0.25, 0.3) is 0 Å². The van der Waals surface area contributed by atoms with Gasteiger partial charge in [-0.15, -0.1) is 0 Å². The highest BCUT2D eigenvalue weighted by atomic mass is 16.5.